The molecule has 2 N–H and O–H groups in total. The van der Waals surface area contributed by atoms with E-state index < -0.39 is 33.9 Å². The fourth-order valence-corrected chi connectivity index (χ4v) is 5.25. The van der Waals surface area contributed by atoms with E-state index in [1.165, 1.54) is 41.8 Å². The van der Waals surface area contributed by atoms with Crippen LogP contribution in [0.2, 0.25) is 0 Å². The quantitative estimate of drug-likeness (QED) is 0.380. The molecule has 0 spiro atoms. The van der Waals surface area contributed by atoms with Crippen LogP contribution in [0.3, 0.4) is 0 Å². The van der Waals surface area contributed by atoms with E-state index in [1.807, 2.05) is 0 Å². The standard InChI is InChI=1S/C26H29N3O7S/c1-5-29(6-2)37(33,34)23-16-19(14-13-17(23)3)27-24(30)18(4)36-26(32)20-10-7-8-11-21(20)28-25(31)22-12-9-15-35-22/h7-16,18H,5-6H2,1-4H3,(H,27,30)(H,28,31)/t18-/m1/s1. The highest BCUT2D eigenvalue weighted by atomic mass is 32.2. The molecule has 0 aliphatic rings. The van der Waals surface area contributed by atoms with Crippen LogP contribution in [0.15, 0.2) is 70.2 Å². The summed E-state index contributed by atoms with van der Waals surface area (Å²) in [6.45, 7) is 7.18. The molecule has 0 saturated heterocycles. The number of nitrogens with one attached hydrogen (secondary N) is 2. The maximum atomic E-state index is 13.0. The van der Waals surface area contributed by atoms with Gasteiger partial charge in [0.25, 0.3) is 11.8 Å². The van der Waals surface area contributed by atoms with Gasteiger partial charge in [-0.15, -0.1) is 0 Å². The van der Waals surface area contributed by atoms with Crippen LogP contribution in [0.25, 0.3) is 0 Å². The van der Waals surface area contributed by atoms with E-state index in [1.54, 1.807) is 51.1 Å². The molecule has 0 unspecified atom stereocenters. The first-order valence-corrected chi connectivity index (χ1v) is 13.1. The Morgan fingerprint density at radius 3 is 2.35 bits per heavy atom. The van der Waals surface area contributed by atoms with Crippen LogP contribution in [0, 0.1) is 6.92 Å². The van der Waals surface area contributed by atoms with E-state index in [0.29, 0.717) is 18.7 Å². The summed E-state index contributed by atoms with van der Waals surface area (Å²) < 4.78 is 37.7. The highest BCUT2D eigenvalue weighted by Crippen LogP contribution is 2.24. The second kappa shape index (κ2) is 11.8. The molecule has 0 aliphatic carbocycles. The number of para-hydroxylation sites is 1. The van der Waals surface area contributed by atoms with Crippen molar-refractivity contribution >= 4 is 39.2 Å². The summed E-state index contributed by atoms with van der Waals surface area (Å²) >= 11 is 0. The first kappa shape index (κ1) is 27.6. The lowest BCUT2D eigenvalue weighted by atomic mass is 10.1. The van der Waals surface area contributed by atoms with Gasteiger partial charge in [-0.3, -0.25) is 9.59 Å². The Morgan fingerprint density at radius 2 is 1.70 bits per heavy atom. The number of esters is 1. The Hall–Kier alpha value is -3.96. The molecule has 2 amide bonds. The van der Waals surface area contributed by atoms with E-state index in [9.17, 15) is 22.8 Å². The Bertz CT molecular complexity index is 1380. The first-order chi connectivity index (χ1) is 17.6. The molecule has 2 aromatic carbocycles. The van der Waals surface area contributed by atoms with E-state index in [-0.39, 0.29) is 27.6 Å². The number of hydrogen-bond donors (Lipinski definition) is 2. The number of aryl methyl sites for hydroxylation is 1. The van der Waals surface area contributed by atoms with Crippen molar-refractivity contribution in [3.05, 3.63) is 77.7 Å². The Kier molecular flexibility index (Phi) is 8.85. The van der Waals surface area contributed by atoms with Crippen molar-refractivity contribution in [2.75, 3.05) is 23.7 Å². The van der Waals surface area contributed by atoms with Gasteiger partial charge in [-0.1, -0.05) is 32.0 Å². The zero-order valence-corrected chi connectivity index (χ0v) is 21.8. The zero-order valence-electron chi connectivity index (χ0n) is 21.0. The molecule has 1 heterocycles. The number of sulfonamides is 1. The molecule has 10 nitrogen and oxygen atoms in total. The Balaban J connectivity index is 1.72. The molecule has 1 atom stereocenters. The molecule has 0 aliphatic heterocycles. The van der Waals surface area contributed by atoms with Gasteiger partial charge in [-0.2, -0.15) is 4.31 Å². The van der Waals surface area contributed by atoms with Gasteiger partial charge >= 0.3 is 5.97 Å². The van der Waals surface area contributed by atoms with Gasteiger partial charge in [0.15, 0.2) is 11.9 Å². The molecule has 0 saturated carbocycles. The van der Waals surface area contributed by atoms with Crippen molar-refractivity contribution in [3.8, 4) is 0 Å². The molecule has 0 radical (unpaired) electrons. The van der Waals surface area contributed by atoms with Crippen LogP contribution in [-0.2, 0) is 19.6 Å². The topological polar surface area (TPSA) is 135 Å². The molecule has 0 bridgehead atoms. The van der Waals surface area contributed by atoms with Crippen molar-refractivity contribution in [1.29, 1.82) is 0 Å². The molecule has 37 heavy (non-hydrogen) atoms. The lowest BCUT2D eigenvalue weighted by molar-refractivity contribution is -0.123. The smallest absolute Gasteiger partial charge is 0.341 e. The normalized spacial score (nSPS) is 12.1. The summed E-state index contributed by atoms with van der Waals surface area (Å²) in [6.07, 6.45) is 0.135. The van der Waals surface area contributed by atoms with Crippen LogP contribution < -0.4 is 10.6 Å². The van der Waals surface area contributed by atoms with Crippen LogP contribution in [0.5, 0.6) is 0 Å². The average Bonchev–Trinajstić information content (AvgIpc) is 3.41. The van der Waals surface area contributed by atoms with Gasteiger partial charge in [0.1, 0.15) is 0 Å². The summed E-state index contributed by atoms with van der Waals surface area (Å²) in [5, 5.41) is 5.18. The monoisotopic (exact) mass is 527 g/mol. The average molecular weight is 528 g/mol. The number of anilines is 2. The predicted molar refractivity (Wildman–Crippen MR) is 138 cm³/mol. The number of nitrogens with zero attached hydrogens (tertiary/aromatic N) is 1. The molecule has 196 valence electrons. The zero-order chi connectivity index (χ0) is 27.2. The Morgan fingerprint density at radius 1 is 1.00 bits per heavy atom. The third kappa shape index (κ3) is 6.43. The van der Waals surface area contributed by atoms with Crippen LogP contribution >= 0.6 is 0 Å². The maximum absolute atomic E-state index is 13.0. The minimum atomic E-state index is -3.74. The highest BCUT2D eigenvalue weighted by molar-refractivity contribution is 7.89. The number of carbonyl (C=O) groups is 3. The molecule has 11 heteroatoms. The summed E-state index contributed by atoms with van der Waals surface area (Å²) in [7, 11) is -3.74. The highest BCUT2D eigenvalue weighted by Gasteiger charge is 2.26. The van der Waals surface area contributed by atoms with Crippen molar-refractivity contribution in [2.24, 2.45) is 0 Å². The fraction of sp³-hybridized carbons (Fsp3) is 0.269. The first-order valence-electron chi connectivity index (χ1n) is 11.6. The van der Waals surface area contributed by atoms with Crippen LogP contribution in [0.4, 0.5) is 11.4 Å². The number of furan rings is 1. The van der Waals surface area contributed by atoms with Crippen LogP contribution in [-0.4, -0.2) is 49.7 Å². The molecular weight excluding hydrogens is 498 g/mol. The predicted octanol–water partition coefficient (Wildman–Crippen LogP) is 4.05. The lowest BCUT2D eigenvalue weighted by Gasteiger charge is -2.20. The molecule has 1 aromatic heterocycles. The lowest BCUT2D eigenvalue weighted by Crippen LogP contribution is -2.32. The fourth-order valence-electron chi connectivity index (χ4n) is 3.54. The van der Waals surface area contributed by atoms with E-state index >= 15 is 0 Å². The van der Waals surface area contributed by atoms with Gasteiger partial charge in [-0.05, 0) is 55.8 Å². The van der Waals surface area contributed by atoms with Crippen LogP contribution in [0.1, 0.15) is 47.2 Å². The van der Waals surface area contributed by atoms with E-state index in [2.05, 4.69) is 10.6 Å². The number of hydrogen-bond acceptors (Lipinski definition) is 7. The third-order valence-electron chi connectivity index (χ3n) is 5.57. The molecule has 0 fully saturated rings. The summed E-state index contributed by atoms with van der Waals surface area (Å²) in [5.74, 6) is -1.96. The van der Waals surface area contributed by atoms with Gasteiger partial charge in [0, 0.05) is 18.8 Å². The minimum absolute atomic E-state index is 0.0463. The number of rotatable bonds is 10. The van der Waals surface area contributed by atoms with Gasteiger partial charge in [0.2, 0.25) is 10.0 Å². The second-order valence-electron chi connectivity index (χ2n) is 8.08. The third-order valence-corrected chi connectivity index (χ3v) is 7.76. The van der Waals surface area contributed by atoms with Crippen molar-refractivity contribution in [3.63, 3.8) is 0 Å². The van der Waals surface area contributed by atoms with Crippen molar-refractivity contribution in [2.45, 2.75) is 38.7 Å². The van der Waals surface area contributed by atoms with E-state index in [4.69, 9.17) is 9.15 Å². The maximum Gasteiger partial charge on any atom is 0.341 e. The SMILES string of the molecule is CCN(CC)S(=O)(=O)c1cc(NC(=O)[C@@H](C)OC(=O)c2ccccc2NC(=O)c2ccco2)ccc1C. The van der Waals surface area contributed by atoms with Crippen molar-refractivity contribution in [1.82, 2.24) is 4.31 Å². The number of carbonyl (C=O) groups excluding carboxylic acids is 3. The summed E-state index contributed by atoms with van der Waals surface area (Å²) in [5.41, 5.74) is 1.02. The van der Waals surface area contributed by atoms with Crippen molar-refractivity contribution < 1.29 is 32.0 Å². The van der Waals surface area contributed by atoms with Gasteiger partial charge < -0.3 is 19.8 Å². The van der Waals surface area contributed by atoms with Gasteiger partial charge in [-0.25, -0.2) is 13.2 Å². The summed E-state index contributed by atoms with van der Waals surface area (Å²) in [4.78, 5) is 38.0. The second-order valence-corrected chi connectivity index (χ2v) is 9.99. The molecule has 3 rings (SSSR count). The van der Waals surface area contributed by atoms with Gasteiger partial charge in [0.05, 0.1) is 22.4 Å². The molecular formula is C26H29N3O7S. The van der Waals surface area contributed by atoms with E-state index in [0.717, 1.165) is 0 Å². The summed E-state index contributed by atoms with van der Waals surface area (Å²) in [6, 6.07) is 13.8. The molecule has 3 aromatic rings. The minimum Gasteiger partial charge on any atom is -0.459 e. The number of amides is 2. The number of benzene rings is 2. The number of ether oxygens (including phenoxy) is 1. The largest absolute Gasteiger partial charge is 0.459 e. The Labute approximate surface area is 215 Å².